The van der Waals surface area contributed by atoms with Gasteiger partial charge in [0.25, 0.3) is 0 Å². The average molecular weight is 401 g/mol. The Morgan fingerprint density at radius 1 is 1.46 bits per heavy atom. The van der Waals surface area contributed by atoms with Crippen molar-refractivity contribution in [2.45, 2.75) is 24.7 Å². The van der Waals surface area contributed by atoms with Crippen molar-refractivity contribution >= 4 is 15.8 Å². The molecule has 0 aliphatic carbocycles. The summed E-state index contributed by atoms with van der Waals surface area (Å²) in [7, 11) is 0. The monoisotopic (exact) mass is 401 g/mol. The van der Waals surface area contributed by atoms with E-state index < -0.39 is 0 Å². The molecule has 0 radical (unpaired) electrons. The third kappa shape index (κ3) is 2.81. The summed E-state index contributed by atoms with van der Waals surface area (Å²) in [5.41, 5.74) is 4.74. The Kier molecular flexibility index (Phi) is 3.51. The van der Waals surface area contributed by atoms with Crippen molar-refractivity contribution in [3.63, 3.8) is 0 Å². The van der Waals surface area contributed by atoms with Gasteiger partial charge in [-0.1, -0.05) is 0 Å². The Labute approximate surface area is 94.2 Å². The first-order valence-electron chi connectivity index (χ1n) is 4.60. The zero-order valence-corrected chi connectivity index (χ0v) is 12.4. The van der Waals surface area contributed by atoms with Crippen molar-refractivity contribution in [1.29, 1.82) is 0 Å². The molecule has 0 N–H and O–H groups in total. The number of rotatable bonds is 3. The molecule has 1 aromatic carbocycles. The van der Waals surface area contributed by atoms with Crippen LogP contribution in [0.1, 0.15) is 23.6 Å². The summed E-state index contributed by atoms with van der Waals surface area (Å²) in [4.78, 5) is 0. The zero-order valence-electron chi connectivity index (χ0n) is 8.11. The molecule has 0 atom stereocenters. The number of hydrogen-bond acceptors (Lipinski definition) is 0. The minimum absolute atomic E-state index is 0.252. The number of benzene rings is 1. The fourth-order valence-electron chi connectivity index (χ4n) is 1.34. The molecule has 0 aromatic heterocycles. The van der Waals surface area contributed by atoms with E-state index >= 15 is 0 Å². The van der Waals surface area contributed by atoms with Gasteiger partial charge in [-0.2, -0.15) is 0 Å². The summed E-state index contributed by atoms with van der Waals surface area (Å²) in [5.74, 6) is 0. The number of halogens is 2. The van der Waals surface area contributed by atoms with Crippen molar-refractivity contribution in [3.8, 4) is 0 Å². The van der Waals surface area contributed by atoms with Crippen molar-refractivity contribution in [1.82, 2.24) is 0 Å². The third-order valence-electron chi connectivity index (χ3n) is 2.35. The van der Waals surface area contributed by atoms with Gasteiger partial charge in [0.2, 0.25) is 0 Å². The summed E-state index contributed by atoms with van der Waals surface area (Å²) in [6, 6.07) is 7.05. The van der Waals surface area contributed by atoms with E-state index in [1.54, 1.807) is 8.00 Å². The van der Waals surface area contributed by atoms with Gasteiger partial charge in [0.05, 0.1) is 0 Å². The summed E-state index contributed by atoms with van der Waals surface area (Å²) in [5, 5.41) is 0. The van der Waals surface area contributed by atoms with Gasteiger partial charge in [0, 0.05) is 0 Å². The van der Waals surface area contributed by atoms with Gasteiger partial charge in [-0.25, -0.2) is 0 Å². The second kappa shape index (κ2) is 4.47. The van der Waals surface area contributed by atoms with E-state index in [0.29, 0.717) is 0 Å². The van der Waals surface area contributed by atoms with Crippen LogP contribution < -0.4 is 17.2 Å². The normalized spacial score (nSPS) is 18.2. The van der Waals surface area contributed by atoms with E-state index in [1.807, 2.05) is 0 Å². The zero-order chi connectivity index (χ0) is 9.26. The van der Waals surface area contributed by atoms with Crippen LogP contribution in [0.2, 0.25) is 0 Å². The number of hydrogen-bond donors (Lipinski definition) is 0. The van der Waals surface area contributed by atoms with Crippen LogP contribution in [0.25, 0.3) is 0 Å². The number of alkyl halides is 3. The Balaban J connectivity index is 2.19. The van der Waals surface area contributed by atoms with E-state index in [-0.39, 0.29) is 15.8 Å². The molecule has 0 bridgehead atoms. The molecule has 0 spiro atoms. The molecule has 13 heavy (non-hydrogen) atoms. The quantitative estimate of drug-likeness (QED) is 0.513. The van der Waals surface area contributed by atoms with Gasteiger partial charge >= 0.3 is 95.1 Å². The molecule has 0 unspecified atom stereocenters. The van der Waals surface area contributed by atoms with Gasteiger partial charge in [0.1, 0.15) is 0 Å². The summed E-state index contributed by atoms with van der Waals surface area (Å²) in [6.07, 6.45) is 1.19. The third-order valence-corrected chi connectivity index (χ3v) is 16.7. The fourth-order valence-corrected chi connectivity index (χ4v) is 16.4. The fraction of sp³-hybridized carbons (Fsp3) is 0.455. The van der Waals surface area contributed by atoms with Gasteiger partial charge in [0.15, 0.2) is 0 Å². The molecule has 1 aromatic rings. The maximum atomic E-state index is 2.45. The van der Waals surface area contributed by atoms with Gasteiger partial charge in [-0.05, 0) is 0 Å². The van der Waals surface area contributed by atoms with Crippen LogP contribution in [0.3, 0.4) is 0 Å². The van der Waals surface area contributed by atoms with Crippen molar-refractivity contribution in [2.75, 3.05) is 2.43 Å². The molecule has 1 fully saturated rings. The molecule has 0 nitrogen and oxygen atoms in total. The Hall–Kier alpha value is 0.680. The van der Waals surface area contributed by atoms with Crippen LogP contribution in [0.5, 0.6) is 0 Å². The Morgan fingerprint density at radius 3 is 2.85 bits per heavy atom. The van der Waals surface area contributed by atoms with Crippen molar-refractivity contribution in [3.05, 3.63) is 34.9 Å². The molecule has 1 heterocycles. The van der Waals surface area contributed by atoms with E-state index in [4.69, 9.17) is 0 Å². The molecule has 2 heteroatoms. The molecule has 0 amide bonds. The van der Waals surface area contributed by atoms with Crippen LogP contribution in [0.4, 0.5) is 0 Å². The predicted octanol–water partition coefficient (Wildman–Crippen LogP) is 0.539. The van der Waals surface area contributed by atoms with Crippen molar-refractivity contribution < 1.29 is 17.2 Å². The van der Waals surface area contributed by atoms with Gasteiger partial charge in [-0.3, -0.25) is 0 Å². The maximum absolute atomic E-state index is 2.45. The van der Waals surface area contributed by atoms with E-state index in [1.165, 1.54) is 22.0 Å². The predicted molar refractivity (Wildman–Crippen MR) is 63.1 cm³/mol. The van der Waals surface area contributed by atoms with E-state index in [0.717, 1.165) is 17.2 Å². The summed E-state index contributed by atoms with van der Waals surface area (Å²) >= 11 is 0.526. The second-order valence-corrected chi connectivity index (χ2v) is 23.0. The van der Waals surface area contributed by atoms with Crippen LogP contribution in [0.15, 0.2) is 18.2 Å². The second-order valence-electron chi connectivity index (χ2n) is 3.34. The molecular weight excluding hydrogens is 386 g/mol. The molecule has 1 aliphatic rings. The summed E-state index contributed by atoms with van der Waals surface area (Å²) in [6.45, 7) is 4.52. The van der Waals surface area contributed by atoms with Gasteiger partial charge in [-0.15, -0.1) is 0 Å². The topological polar surface area (TPSA) is 0 Å². The minimum atomic E-state index is -0.252. The molecule has 74 valence electrons. The van der Waals surface area contributed by atoms with E-state index in [9.17, 15) is 0 Å². The first kappa shape index (κ1) is 10.2. The van der Waals surface area contributed by atoms with Crippen LogP contribution in [-0.4, -0.2) is 2.43 Å². The van der Waals surface area contributed by atoms with Gasteiger partial charge < -0.3 is 0 Å². The molecule has 0 saturated carbocycles. The summed E-state index contributed by atoms with van der Waals surface area (Å²) < 4.78 is 3.25. The first-order valence-corrected chi connectivity index (χ1v) is 15.5. The van der Waals surface area contributed by atoms with Crippen LogP contribution in [0, 0.1) is 6.92 Å². The number of aryl methyl sites for hydroxylation is 2. The SMILES string of the molecule is CCc1ccc(C)c(CI2C[I-]2)c1. The first-order chi connectivity index (χ1) is 6.29. The average Bonchev–Trinajstić information content (AvgIpc) is 2.93. The van der Waals surface area contributed by atoms with E-state index in [2.05, 4.69) is 32.0 Å². The van der Waals surface area contributed by atoms with Crippen molar-refractivity contribution in [2.24, 2.45) is 0 Å². The van der Waals surface area contributed by atoms with Crippen LogP contribution >= 0.6 is 15.8 Å². The Morgan fingerprint density at radius 2 is 2.23 bits per heavy atom. The molecular formula is C11H15I2-. The molecule has 1 aliphatic heterocycles. The van der Waals surface area contributed by atoms with Crippen LogP contribution in [-0.2, 0) is 10.8 Å². The standard InChI is InChI=1S/C11H15I2/c1-3-10-5-4-9(2)11(6-10)7-13-8-12-13/h4-6H,3,7-8H2,1-2H3/q-1. The Bertz CT molecular complexity index is 303. The molecule has 2 rings (SSSR count). The molecule has 1 saturated heterocycles.